The molecule has 0 aromatic carbocycles. The first-order valence-electron chi connectivity index (χ1n) is 8.36. The van der Waals surface area contributed by atoms with Crippen molar-refractivity contribution in [1.29, 1.82) is 0 Å². The monoisotopic (exact) mass is 266 g/mol. The first-order valence-corrected chi connectivity index (χ1v) is 8.36. The van der Waals surface area contributed by atoms with Crippen LogP contribution in [0.5, 0.6) is 0 Å². The van der Waals surface area contributed by atoms with Crippen molar-refractivity contribution in [3.05, 3.63) is 0 Å². The molecule has 2 saturated heterocycles. The van der Waals surface area contributed by atoms with Crippen LogP contribution in [-0.4, -0.2) is 49.3 Å². The first kappa shape index (κ1) is 13.8. The number of ether oxygens (including phenoxy) is 1. The Morgan fingerprint density at radius 2 is 1.79 bits per heavy atom. The van der Waals surface area contributed by atoms with E-state index in [4.69, 9.17) is 4.74 Å². The van der Waals surface area contributed by atoms with Gasteiger partial charge in [0.05, 0.1) is 11.7 Å². The maximum absolute atomic E-state index is 6.43. The molecule has 19 heavy (non-hydrogen) atoms. The molecule has 3 nitrogen and oxygen atoms in total. The van der Waals surface area contributed by atoms with Gasteiger partial charge in [-0.15, -0.1) is 0 Å². The molecule has 3 fully saturated rings. The van der Waals surface area contributed by atoms with E-state index in [0.717, 1.165) is 12.6 Å². The molecule has 1 aliphatic carbocycles. The first-order chi connectivity index (χ1) is 9.26. The van der Waals surface area contributed by atoms with E-state index in [9.17, 15) is 0 Å². The van der Waals surface area contributed by atoms with E-state index < -0.39 is 0 Å². The van der Waals surface area contributed by atoms with Gasteiger partial charge in [0.1, 0.15) is 0 Å². The highest BCUT2D eigenvalue weighted by Gasteiger charge is 2.40. The number of hydrogen-bond acceptors (Lipinski definition) is 3. The minimum atomic E-state index is 0.289. The molecule has 1 atom stereocenters. The molecule has 0 amide bonds. The fraction of sp³-hybridized carbons (Fsp3) is 1.00. The van der Waals surface area contributed by atoms with Gasteiger partial charge in [0.2, 0.25) is 0 Å². The Bertz CT molecular complexity index is 280. The van der Waals surface area contributed by atoms with Crippen molar-refractivity contribution >= 4 is 0 Å². The molecule has 0 aromatic rings. The maximum Gasteiger partial charge on any atom is 0.0708 e. The van der Waals surface area contributed by atoms with Crippen LogP contribution in [0.2, 0.25) is 0 Å². The molecule has 3 heteroatoms. The SMILES string of the molecule is CN1CCC(NCC2CCC3(CCCCC3)O2)CC1. The molecule has 0 radical (unpaired) electrons. The number of nitrogens with zero attached hydrogens (tertiary/aromatic N) is 1. The molecule has 2 aliphatic heterocycles. The van der Waals surface area contributed by atoms with Crippen molar-refractivity contribution in [2.24, 2.45) is 0 Å². The van der Waals surface area contributed by atoms with E-state index >= 15 is 0 Å². The summed E-state index contributed by atoms with van der Waals surface area (Å²) < 4.78 is 6.43. The quantitative estimate of drug-likeness (QED) is 0.849. The topological polar surface area (TPSA) is 24.5 Å². The second-order valence-electron chi connectivity index (χ2n) is 7.01. The Morgan fingerprint density at radius 1 is 1.05 bits per heavy atom. The lowest BCUT2D eigenvalue weighted by atomic mass is 9.83. The number of nitrogens with one attached hydrogen (secondary N) is 1. The van der Waals surface area contributed by atoms with E-state index in [1.165, 1.54) is 70.9 Å². The lowest BCUT2D eigenvalue weighted by molar-refractivity contribution is -0.0632. The molecule has 3 aliphatic rings. The molecule has 2 heterocycles. The third-order valence-corrected chi connectivity index (χ3v) is 5.46. The molecule has 1 N–H and O–H groups in total. The molecule has 0 aromatic heterocycles. The molecule has 1 unspecified atom stereocenters. The fourth-order valence-electron chi connectivity index (χ4n) is 4.11. The van der Waals surface area contributed by atoms with Gasteiger partial charge in [0.25, 0.3) is 0 Å². The zero-order valence-corrected chi connectivity index (χ0v) is 12.5. The van der Waals surface area contributed by atoms with Crippen LogP contribution in [0.3, 0.4) is 0 Å². The van der Waals surface area contributed by atoms with Crippen LogP contribution in [-0.2, 0) is 4.74 Å². The van der Waals surface area contributed by atoms with Crippen molar-refractivity contribution in [3.8, 4) is 0 Å². The average molecular weight is 266 g/mol. The van der Waals surface area contributed by atoms with Gasteiger partial charge in [0.15, 0.2) is 0 Å². The predicted molar refractivity (Wildman–Crippen MR) is 78.4 cm³/mol. The van der Waals surface area contributed by atoms with E-state index in [0.29, 0.717) is 6.10 Å². The second-order valence-corrected chi connectivity index (χ2v) is 7.01. The zero-order chi connectivity index (χ0) is 13.1. The van der Waals surface area contributed by atoms with Gasteiger partial charge < -0.3 is 15.0 Å². The average Bonchev–Trinajstić information content (AvgIpc) is 2.82. The number of piperidine rings is 1. The van der Waals surface area contributed by atoms with Gasteiger partial charge in [-0.1, -0.05) is 19.3 Å². The van der Waals surface area contributed by atoms with Gasteiger partial charge in [-0.05, 0) is 58.7 Å². The molecular formula is C16H30N2O. The van der Waals surface area contributed by atoms with Gasteiger partial charge >= 0.3 is 0 Å². The predicted octanol–water partition coefficient (Wildman–Crippen LogP) is 2.55. The molecule has 1 saturated carbocycles. The number of likely N-dealkylation sites (tertiary alicyclic amines) is 1. The normalized spacial score (nSPS) is 33.0. The van der Waals surface area contributed by atoms with Crippen LogP contribution in [0.1, 0.15) is 57.8 Å². The van der Waals surface area contributed by atoms with E-state index in [2.05, 4.69) is 17.3 Å². The molecule has 110 valence electrons. The standard InChI is InChI=1S/C16H30N2O/c1-18-11-6-14(7-12-18)17-13-15-5-10-16(19-15)8-3-2-4-9-16/h14-15,17H,2-13H2,1H3. The smallest absolute Gasteiger partial charge is 0.0708 e. The van der Waals surface area contributed by atoms with Crippen molar-refractivity contribution in [2.75, 3.05) is 26.7 Å². The lowest BCUT2D eigenvalue weighted by Gasteiger charge is -2.34. The third kappa shape index (κ3) is 3.50. The molecule has 0 bridgehead atoms. The summed E-state index contributed by atoms with van der Waals surface area (Å²) in [6.07, 6.45) is 12.5. The van der Waals surface area contributed by atoms with Gasteiger partial charge in [-0.2, -0.15) is 0 Å². The van der Waals surface area contributed by atoms with Crippen LogP contribution in [0, 0.1) is 0 Å². The third-order valence-electron chi connectivity index (χ3n) is 5.46. The van der Waals surface area contributed by atoms with E-state index in [1.54, 1.807) is 0 Å². The summed E-state index contributed by atoms with van der Waals surface area (Å²) in [7, 11) is 2.23. The summed E-state index contributed by atoms with van der Waals surface area (Å²) in [6.45, 7) is 3.57. The summed E-state index contributed by atoms with van der Waals surface area (Å²) in [4.78, 5) is 2.43. The fourth-order valence-corrected chi connectivity index (χ4v) is 4.11. The lowest BCUT2D eigenvalue weighted by Crippen LogP contribution is -2.44. The Kier molecular flexibility index (Phi) is 4.45. The van der Waals surface area contributed by atoms with Crippen LogP contribution >= 0.6 is 0 Å². The highest BCUT2D eigenvalue weighted by molar-refractivity contribution is 4.92. The Hall–Kier alpha value is -0.120. The maximum atomic E-state index is 6.43. The number of rotatable bonds is 3. The molecule has 3 rings (SSSR count). The largest absolute Gasteiger partial charge is 0.370 e. The van der Waals surface area contributed by atoms with E-state index in [-0.39, 0.29) is 5.60 Å². The summed E-state index contributed by atoms with van der Waals surface area (Å²) in [5.41, 5.74) is 0.289. The Balaban J connectivity index is 1.39. The van der Waals surface area contributed by atoms with Crippen LogP contribution in [0.4, 0.5) is 0 Å². The molecular weight excluding hydrogens is 236 g/mol. The van der Waals surface area contributed by atoms with Crippen LogP contribution < -0.4 is 5.32 Å². The highest BCUT2D eigenvalue weighted by atomic mass is 16.5. The minimum Gasteiger partial charge on any atom is -0.370 e. The Morgan fingerprint density at radius 3 is 2.53 bits per heavy atom. The zero-order valence-electron chi connectivity index (χ0n) is 12.5. The minimum absolute atomic E-state index is 0.289. The Labute approximate surface area is 118 Å². The van der Waals surface area contributed by atoms with Crippen molar-refractivity contribution in [1.82, 2.24) is 10.2 Å². The van der Waals surface area contributed by atoms with Crippen LogP contribution in [0.25, 0.3) is 0 Å². The van der Waals surface area contributed by atoms with Gasteiger partial charge in [-0.3, -0.25) is 0 Å². The van der Waals surface area contributed by atoms with Gasteiger partial charge in [-0.25, -0.2) is 0 Å². The van der Waals surface area contributed by atoms with E-state index in [1.807, 2.05) is 0 Å². The van der Waals surface area contributed by atoms with Crippen molar-refractivity contribution in [3.63, 3.8) is 0 Å². The second kappa shape index (κ2) is 6.11. The summed E-state index contributed by atoms with van der Waals surface area (Å²) in [5, 5.41) is 3.75. The summed E-state index contributed by atoms with van der Waals surface area (Å²) in [5.74, 6) is 0. The summed E-state index contributed by atoms with van der Waals surface area (Å²) >= 11 is 0. The van der Waals surface area contributed by atoms with Crippen molar-refractivity contribution in [2.45, 2.75) is 75.5 Å². The highest BCUT2D eigenvalue weighted by Crippen LogP contribution is 2.41. The molecule has 1 spiro atoms. The summed E-state index contributed by atoms with van der Waals surface area (Å²) in [6, 6.07) is 0.725. The van der Waals surface area contributed by atoms with Gasteiger partial charge in [0, 0.05) is 12.6 Å². The van der Waals surface area contributed by atoms with Crippen LogP contribution in [0.15, 0.2) is 0 Å². The number of hydrogen-bond donors (Lipinski definition) is 1. The van der Waals surface area contributed by atoms with Crippen molar-refractivity contribution < 1.29 is 4.74 Å².